The monoisotopic (exact) mass is 321 g/mol. The molecule has 1 aromatic carbocycles. The first-order chi connectivity index (χ1) is 10.7. The molecule has 1 unspecified atom stereocenters. The van der Waals surface area contributed by atoms with Gasteiger partial charge in [0.25, 0.3) is 0 Å². The quantitative estimate of drug-likeness (QED) is 0.866. The van der Waals surface area contributed by atoms with Gasteiger partial charge in [-0.2, -0.15) is 0 Å². The summed E-state index contributed by atoms with van der Waals surface area (Å²) in [5.74, 6) is 0.834. The number of halogens is 1. The normalized spacial score (nSPS) is 17.9. The van der Waals surface area contributed by atoms with Crippen molar-refractivity contribution in [1.82, 2.24) is 15.1 Å². The largest absolute Gasteiger partial charge is 0.418 e. The van der Waals surface area contributed by atoms with Crippen LogP contribution in [-0.4, -0.2) is 41.3 Å². The van der Waals surface area contributed by atoms with Crippen LogP contribution in [0.15, 0.2) is 28.7 Å². The van der Waals surface area contributed by atoms with Crippen molar-refractivity contribution in [3.63, 3.8) is 0 Å². The number of carbonyl (C=O) groups is 1. The highest BCUT2D eigenvalue weighted by Crippen LogP contribution is 2.32. The summed E-state index contributed by atoms with van der Waals surface area (Å²) in [6, 6.07) is 7.01. The fourth-order valence-electron chi connectivity index (χ4n) is 2.61. The minimum atomic E-state index is -0.170. The van der Waals surface area contributed by atoms with Crippen LogP contribution >= 0.6 is 11.6 Å². The zero-order valence-corrected chi connectivity index (χ0v) is 12.9. The van der Waals surface area contributed by atoms with Crippen molar-refractivity contribution in [2.75, 3.05) is 20.3 Å². The van der Waals surface area contributed by atoms with Crippen LogP contribution in [-0.2, 0) is 9.53 Å². The zero-order valence-electron chi connectivity index (χ0n) is 12.2. The lowest BCUT2D eigenvalue weighted by Gasteiger charge is -2.21. The van der Waals surface area contributed by atoms with Gasteiger partial charge in [-0.15, -0.1) is 10.2 Å². The molecule has 0 N–H and O–H groups in total. The predicted molar refractivity (Wildman–Crippen MR) is 80.3 cm³/mol. The number of likely N-dealkylation sites (tertiary alicyclic amines) is 1. The number of aromatic nitrogens is 2. The molecule has 1 atom stereocenters. The molecule has 116 valence electrons. The van der Waals surface area contributed by atoms with Crippen molar-refractivity contribution in [1.29, 1.82) is 0 Å². The van der Waals surface area contributed by atoms with Crippen LogP contribution in [0, 0.1) is 0 Å². The third kappa shape index (κ3) is 2.98. The van der Waals surface area contributed by atoms with Gasteiger partial charge in [0, 0.05) is 24.2 Å². The van der Waals surface area contributed by atoms with E-state index >= 15 is 0 Å². The number of nitrogens with zero attached hydrogens (tertiary/aromatic N) is 3. The average molecular weight is 322 g/mol. The summed E-state index contributed by atoms with van der Waals surface area (Å²) in [6.07, 6.45) is 1.73. The highest BCUT2D eigenvalue weighted by Gasteiger charge is 2.33. The summed E-state index contributed by atoms with van der Waals surface area (Å²) in [4.78, 5) is 13.8. The Hall–Kier alpha value is -1.92. The third-order valence-corrected chi connectivity index (χ3v) is 3.91. The first-order valence-electron chi connectivity index (χ1n) is 7.07. The second-order valence-electron chi connectivity index (χ2n) is 5.13. The maximum Gasteiger partial charge on any atom is 0.249 e. The van der Waals surface area contributed by atoms with E-state index < -0.39 is 0 Å². The molecular weight excluding hydrogens is 306 g/mol. The lowest BCUT2D eigenvalue weighted by Crippen LogP contribution is -2.33. The number of hydrogen-bond donors (Lipinski definition) is 0. The van der Waals surface area contributed by atoms with Crippen molar-refractivity contribution in [2.24, 2.45) is 0 Å². The van der Waals surface area contributed by atoms with Crippen LogP contribution in [0.1, 0.15) is 24.8 Å². The Kier molecular flexibility index (Phi) is 4.40. The zero-order chi connectivity index (χ0) is 15.5. The molecular formula is C15H16ClN3O3. The standard InChI is InChI=1S/C15H16ClN3O3/c1-21-9-13(20)19-8-2-3-12(19)15-18-17-14(22-15)10-4-6-11(16)7-5-10/h4-7,12H,2-3,8-9H2,1H3. The topological polar surface area (TPSA) is 68.5 Å². The number of rotatable bonds is 4. The maximum atomic E-state index is 12.0. The smallest absolute Gasteiger partial charge is 0.249 e. The first kappa shape index (κ1) is 15.0. The van der Waals surface area contributed by atoms with E-state index in [1.54, 1.807) is 17.0 Å². The number of amides is 1. The van der Waals surface area contributed by atoms with Crippen molar-refractivity contribution in [3.05, 3.63) is 35.2 Å². The molecule has 1 saturated heterocycles. The van der Waals surface area contributed by atoms with Gasteiger partial charge >= 0.3 is 0 Å². The SMILES string of the molecule is COCC(=O)N1CCCC1c1nnc(-c2ccc(Cl)cc2)o1. The van der Waals surface area contributed by atoms with E-state index in [1.165, 1.54) is 7.11 Å². The molecule has 1 aliphatic rings. The Bertz CT molecular complexity index is 656. The van der Waals surface area contributed by atoms with Gasteiger partial charge in [0.15, 0.2) is 0 Å². The molecule has 7 heteroatoms. The minimum absolute atomic E-state index is 0.0590. The predicted octanol–water partition coefficient (Wildman–Crippen LogP) is 2.70. The number of ether oxygens (including phenoxy) is 1. The number of benzene rings is 1. The van der Waals surface area contributed by atoms with Gasteiger partial charge in [-0.25, -0.2) is 0 Å². The van der Waals surface area contributed by atoms with E-state index in [9.17, 15) is 4.79 Å². The summed E-state index contributed by atoms with van der Waals surface area (Å²) >= 11 is 5.87. The van der Waals surface area contributed by atoms with Crippen LogP contribution in [0.5, 0.6) is 0 Å². The van der Waals surface area contributed by atoms with Crippen molar-refractivity contribution >= 4 is 17.5 Å². The highest BCUT2D eigenvalue weighted by atomic mass is 35.5. The molecule has 0 bridgehead atoms. The van der Waals surface area contributed by atoms with Crippen LogP contribution in [0.4, 0.5) is 0 Å². The summed E-state index contributed by atoms with van der Waals surface area (Å²) in [5.41, 5.74) is 0.802. The summed E-state index contributed by atoms with van der Waals surface area (Å²) < 4.78 is 10.7. The van der Waals surface area contributed by atoms with Gasteiger partial charge in [-0.1, -0.05) is 11.6 Å². The molecule has 1 fully saturated rings. The van der Waals surface area contributed by atoms with E-state index in [0.29, 0.717) is 23.3 Å². The molecule has 0 aliphatic carbocycles. The van der Waals surface area contributed by atoms with Gasteiger partial charge in [0.2, 0.25) is 17.7 Å². The van der Waals surface area contributed by atoms with Crippen molar-refractivity contribution in [2.45, 2.75) is 18.9 Å². The van der Waals surface area contributed by atoms with E-state index in [0.717, 1.165) is 18.4 Å². The molecule has 2 aromatic rings. The summed E-state index contributed by atoms with van der Waals surface area (Å²) in [7, 11) is 1.51. The van der Waals surface area contributed by atoms with Crippen LogP contribution in [0.3, 0.4) is 0 Å². The number of carbonyl (C=O) groups excluding carboxylic acids is 1. The molecule has 0 radical (unpaired) electrons. The Morgan fingerprint density at radius 2 is 2.18 bits per heavy atom. The molecule has 22 heavy (non-hydrogen) atoms. The fraction of sp³-hybridized carbons (Fsp3) is 0.400. The van der Waals surface area contributed by atoms with E-state index in [2.05, 4.69) is 10.2 Å². The van der Waals surface area contributed by atoms with Crippen LogP contribution in [0.25, 0.3) is 11.5 Å². The van der Waals surface area contributed by atoms with E-state index in [4.69, 9.17) is 20.8 Å². The molecule has 0 saturated carbocycles. The Morgan fingerprint density at radius 1 is 1.41 bits per heavy atom. The number of hydrogen-bond acceptors (Lipinski definition) is 5. The maximum absolute atomic E-state index is 12.0. The van der Waals surface area contributed by atoms with Gasteiger partial charge in [-0.3, -0.25) is 4.79 Å². The van der Waals surface area contributed by atoms with Gasteiger partial charge in [0.05, 0.1) is 0 Å². The lowest BCUT2D eigenvalue weighted by molar-refractivity contribution is -0.136. The highest BCUT2D eigenvalue weighted by molar-refractivity contribution is 6.30. The Labute approximate surface area is 133 Å². The van der Waals surface area contributed by atoms with E-state index in [-0.39, 0.29) is 18.6 Å². The molecule has 3 rings (SSSR count). The molecule has 1 aromatic heterocycles. The number of methoxy groups -OCH3 is 1. The third-order valence-electron chi connectivity index (χ3n) is 3.66. The Morgan fingerprint density at radius 3 is 2.91 bits per heavy atom. The van der Waals surface area contributed by atoms with Crippen LogP contribution in [0.2, 0.25) is 5.02 Å². The summed E-state index contributed by atoms with van der Waals surface area (Å²) in [6.45, 7) is 0.750. The molecule has 0 spiro atoms. The molecule has 1 amide bonds. The van der Waals surface area contributed by atoms with Gasteiger partial charge in [-0.05, 0) is 37.1 Å². The molecule has 2 heterocycles. The second kappa shape index (κ2) is 6.46. The Balaban J connectivity index is 1.80. The average Bonchev–Trinajstić information content (AvgIpc) is 3.17. The van der Waals surface area contributed by atoms with Crippen molar-refractivity contribution < 1.29 is 13.9 Å². The van der Waals surface area contributed by atoms with Crippen molar-refractivity contribution in [3.8, 4) is 11.5 Å². The van der Waals surface area contributed by atoms with Gasteiger partial charge < -0.3 is 14.1 Å². The minimum Gasteiger partial charge on any atom is -0.418 e. The second-order valence-corrected chi connectivity index (χ2v) is 5.57. The van der Waals surface area contributed by atoms with Crippen LogP contribution < -0.4 is 0 Å². The first-order valence-corrected chi connectivity index (χ1v) is 7.44. The molecule has 6 nitrogen and oxygen atoms in total. The van der Waals surface area contributed by atoms with Gasteiger partial charge in [0.1, 0.15) is 12.6 Å². The molecule has 1 aliphatic heterocycles. The fourth-order valence-corrected chi connectivity index (χ4v) is 2.73. The van der Waals surface area contributed by atoms with E-state index in [1.807, 2.05) is 12.1 Å². The summed E-state index contributed by atoms with van der Waals surface area (Å²) in [5, 5.41) is 8.83. The lowest BCUT2D eigenvalue weighted by atomic mass is 10.2.